The molecule has 2 N–H and O–H groups in total. The molecule has 2 nitrogen and oxygen atoms in total. The Hall–Kier alpha value is -0.0800. The van der Waals surface area contributed by atoms with E-state index >= 15 is 0 Å². The highest BCUT2D eigenvalue weighted by Gasteiger charge is 2.31. The summed E-state index contributed by atoms with van der Waals surface area (Å²) in [4.78, 5) is 2.61. The molecule has 0 radical (unpaired) electrons. The van der Waals surface area contributed by atoms with Crippen LogP contribution in [0.4, 0.5) is 0 Å². The van der Waals surface area contributed by atoms with Gasteiger partial charge in [-0.15, -0.1) is 0 Å². The monoisotopic (exact) mass is 212 g/mol. The molecule has 0 heterocycles. The molecule has 1 saturated carbocycles. The van der Waals surface area contributed by atoms with Crippen molar-refractivity contribution in [2.75, 3.05) is 13.1 Å². The van der Waals surface area contributed by atoms with Crippen molar-refractivity contribution in [3.63, 3.8) is 0 Å². The summed E-state index contributed by atoms with van der Waals surface area (Å²) in [5.74, 6) is 0. The van der Waals surface area contributed by atoms with Gasteiger partial charge in [-0.1, -0.05) is 34.1 Å². The third-order valence-electron chi connectivity index (χ3n) is 3.41. The number of nitrogens with zero attached hydrogens (tertiary/aromatic N) is 1. The Morgan fingerprint density at radius 1 is 1.33 bits per heavy atom. The summed E-state index contributed by atoms with van der Waals surface area (Å²) in [6.07, 6.45) is 5.38. The first kappa shape index (κ1) is 13.0. The summed E-state index contributed by atoms with van der Waals surface area (Å²) in [6.45, 7) is 11.3. The summed E-state index contributed by atoms with van der Waals surface area (Å²) >= 11 is 0. The lowest BCUT2D eigenvalue weighted by Crippen LogP contribution is -2.46. The first-order chi connectivity index (χ1) is 6.95. The molecule has 1 unspecified atom stereocenters. The van der Waals surface area contributed by atoms with Crippen LogP contribution in [0.2, 0.25) is 0 Å². The quantitative estimate of drug-likeness (QED) is 0.733. The fourth-order valence-electron chi connectivity index (χ4n) is 1.75. The van der Waals surface area contributed by atoms with Gasteiger partial charge >= 0.3 is 0 Å². The molecule has 0 amide bonds. The molecular weight excluding hydrogens is 184 g/mol. The van der Waals surface area contributed by atoms with E-state index < -0.39 is 0 Å². The lowest BCUT2D eigenvalue weighted by Gasteiger charge is -2.33. The second kappa shape index (κ2) is 5.31. The maximum atomic E-state index is 6.25. The Bertz CT molecular complexity index is 179. The van der Waals surface area contributed by atoms with Crippen LogP contribution in [0.3, 0.4) is 0 Å². The molecule has 0 aromatic carbocycles. The van der Waals surface area contributed by atoms with Gasteiger partial charge in [-0.3, -0.25) is 4.90 Å². The van der Waals surface area contributed by atoms with E-state index in [1.54, 1.807) is 0 Å². The lowest BCUT2D eigenvalue weighted by molar-refractivity contribution is 0.189. The predicted molar refractivity (Wildman–Crippen MR) is 66.9 cm³/mol. The molecule has 0 saturated heterocycles. The number of nitrogens with two attached hydrogens (primary N) is 1. The van der Waals surface area contributed by atoms with E-state index in [0.717, 1.165) is 12.6 Å². The van der Waals surface area contributed by atoms with Gasteiger partial charge in [0.2, 0.25) is 0 Å². The highest BCUT2D eigenvalue weighted by molar-refractivity contribution is 4.89. The minimum atomic E-state index is 0.235. The Kier molecular flexibility index (Phi) is 4.60. The van der Waals surface area contributed by atoms with Crippen molar-refractivity contribution in [1.29, 1.82) is 0 Å². The predicted octanol–water partition coefficient (Wildman–Crippen LogP) is 2.62. The first-order valence-corrected chi connectivity index (χ1v) is 6.44. The van der Waals surface area contributed by atoms with Crippen molar-refractivity contribution >= 4 is 0 Å². The molecule has 0 spiro atoms. The summed E-state index contributed by atoms with van der Waals surface area (Å²) in [7, 11) is 0. The third kappa shape index (κ3) is 4.52. The van der Waals surface area contributed by atoms with Crippen molar-refractivity contribution in [2.24, 2.45) is 11.1 Å². The fraction of sp³-hybridized carbons (Fsp3) is 1.00. The van der Waals surface area contributed by atoms with Crippen LogP contribution in [0.25, 0.3) is 0 Å². The average Bonchev–Trinajstić information content (AvgIpc) is 2.93. The van der Waals surface area contributed by atoms with Crippen LogP contribution < -0.4 is 5.73 Å². The minimum absolute atomic E-state index is 0.235. The molecule has 0 aliphatic heterocycles. The Morgan fingerprint density at radius 3 is 2.33 bits per heavy atom. The van der Waals surface area contributed by atoms with Gasteiger partial charge in [-0.25, -0.2) is 0 Å². The van der Waals surface area contributed by atoms with Gasteiger partial charge in [0.1, 0.15) is 0 Å². The van der Waals surface area contributed by atoms with Crippen LogP contribution in [0.5, 0.6) is 0 Å². The second-order valence-electron chi connectivity index (χ2n) is 6.05. The molecule has 0 aromatic heterocycles. The smallest absolute Gasteiger partial charge is 0.0217 e. The van der Waals surface area contributed by atoms with E-state index in [2.05, 4.69) is 32.6 Å². The molecular formula is C13H28N2. The normalized spacial score (nSPS) is 19.6. The summed E-state index contributed by atoms with van der Waals surface area (Å²) < 4.78 is 0. The van der Waals surface area contributed by atoms with E-state index in [4.69, 9.17) is 5.73 Å². The van der Waals surface area contributed by atoms with Crippen LogP contribution >= 0.6 is 0 Å². The number of unbranched alkanes of at least 4 members (excludes halogenated alkanes) is 1. The highest BCUT2D eigenvalue weighted by Crippen LogP contribution is 2.29. The minimum Gasteiger partial charge on any atom is -0.326 e. The van der Waals surface area contributed by atoms with Crippen molar-refractivity contribution in [3.8, 4) is 0 Å². The zero-order chi connectivity index (χ0) is 11.5. The van der Waals surface area contributed by atoms with Crippen LogP contribution in [0, 0.1) is 5.41 Å². The van der Waals surface area contributed by atoms with Gasteiger partial charge in [0.15, 0.2) is 0 Å². The van der Waals surface area contributed by atoms with E-state index in [1.165, 1.54) is 32.2 Å². The lowest BCUT2D eigenvalue weighted by atomic mass is 9.87. The highest BCUT2D eigenvalue weighted by atomic mass is 15.2. The van der Waals surface area contributed by atoms with E-state index in [0.29, 0.717) is 6.04 Å². The van der Waals surface area contributed by atoms with Gasteiger partial charge in [-0.05, 0) is 31.2 Å². The van der Waals surface area contributed by atoms with Crippen molar-refractivity contribution in [2.45, 2.75) is 65.5 Å². The maximum Gasteiger partial charge on any atom is 0.0217 e. The van der Waals surface area contributed by atoms with Gasteiger partial charge in [0, 0.05) is 18.6 Å². The average molecular weight is 212 g/mol. The Balaban J connectivity index is 2.36. The SMILES string of the molecule is CCCCN(CC(N)C(C)(C)C)C1CC1. The number of hydrogen-bond acceptors (Lipinski definition) is 2. The van der Waals surface area contributed by atoms with Crippen molar-refractivity contribution < 1.29 is 0 Å². The molecule has 1 aliphatic rings. The van der Waals surface area contributed by atoms with Gasteiger partial charge in [0.25, 0.3) is 0 Å². The molecule has 15 heavy (non-hydrogen) atoms. The third-order valence-corrected chi connectivity index (χ3v) is 3.41. The van der Waals surface area contributed by atoms with Crippen LogP contribution in [-0.4, -0.2) is 30.1 Å². The molecule has 1 fully saturated rings. The second-order valence-corrected chi connectivity index (χ2v) is 6.05. The number of rotatable bonds is 6. The number of hydrogen-bond donors (Lipinski definition) is 1. The molecule has 90 valence electrons. The van der Waals surface area contributed by atoms with Crippen LogP contribution in [0.15, 0.2) is 0 Å². The molecule has 2 heteroatoms. The molecule has 1 aliphatic carbocycles. The molecule has 1 rings (SSSR count). The van der Waals surface area contributed by atoms with E-state index in [1.807, 2.05) is 0 Å². The molecule has 1 atom stereocenters. The maximum absolute atomic E-state index is 6.25. The van der Waals surface area contributed by atoms with Crippen LogP contribution in [0.1, 0.15) is 53.4 Å². The first-order valence-electron chi connectivity index (χ1n) is 6.44. The van der Waals surface area contributed by atoms with Crippen molar-refractivity contribution in [3.05, 3.63) is 0 Å². The fourth-order valence-corrected chi connectivity index (χ4v) is 1.75. The van der Waals surface area contributed by atoms with E-state index in [-0.39, 0.29) is 5.41 Å². The summed E-state index contributed by atoms with van der Waals surface area (Å²) in [6, 6.07) is 1.15. The van der Waals surface area contributed by atoms with Crippen LogP contribution in [-0.2, 0) is 0 Å². The van der Waals surface area contributed by atoms with Gasteiger partial charge in [0.05, 0.1) is 0 Å². The zero-order valence-corrected chi connectivity index (χ0v) is 10.9. The Morgan fingerprint density at radius 2 is 1.93 bits per heavy atom. The largest absolute Gasteiger partial charge is 0.326 e. The van der Waals surface area contributed by atoms with Gasteiger partial charge < -0.3 is 5.73 Å². The zero-order valence-electron chi connectivity index (χ0n) is 10.9. The Labute approximate surface area is 95.2 Å². The summed E-state index contributed by atoms with van der Waals surface area (Å²) in [5, 5.41) is 0. The standard InChI is InChI=1S/C13H28N2/c1-5-6-9-15(11-7-8-11)10-12(14)13(2,3)4/h11-12H,5-10,14H2,1-4H3. The topological polar surface area (TPSA) is 29.3 Å². The molecule has 0 bridgehead atoms. The van der Waals surface area contributed by atoms with E-state index in [9.17, 15) is 0 Å². The summed E-state index contributed by atoms with van der Waals surface area (Å²) in [5.41, 5.74) is 6.48. The van der Waals surface area contributed by atoms with Crippen molar-refractivity contribution in [1.82, 2.24) is 4.90 Å². The molecule has 0 aromatic rings. The van der Waals surface area contributed by atoms with Gasteiger partial charge in [-0.2, -0.15) is 0 Å².